The molecule has 140 valence electrons. The Morgan fingerprint density at radius 3 is 2.59 bits per heavy atom. The summed E-state index contributed by atoms with van der Waals surface area (Å²) in [5.41, 5.74) is 1.43. The smallest absolute Gasteiger partial charge is 0.221 e. The van der Waals surface area contributed by atoms with E-state index in [1.165, 1.54) is 6.07 Å². The molecule has 0 saturated carbocycles. The van der Waals surface area contributed by atoms with Crippen LogP contribution in [0.25, 0.3) is 0 Å². The molecule has 1 N–H and O–H groups in total. The van der Waals surface area contributed by atoms with E-state index in [1.807, 2.05) is 31.3 Å². The molecule has 3 rings (SSSR count). The van der Waals surface area contributed by atoms with Crippen LogP contribution in [0.2, 0.25) is 0 Å². The first-order valence-corrected chi connectivity index (χ1v) is 8.72. The van der Waals surface area contributed by atoms with E-state index < -0.39 is 6.04 Å². The van der Waals surface area contributed by atoms with Crippen LogP contribution in [0.4, 0.5) is 4.39 Å². The quantitative estimate of drug-likeness (QED) is 0.696. The maximum Gasteiger partial charge on any atom is 0.221 e. The molecule has 5 nitrogen and oxygen atoms in total. The van der Waals surface area contributed by atoms with Crippen LogP contribution in [0.15, 0.2) is 60.9 Å². The van der Waals surface area contributed by atoms with Gasteiger partial charge in [-0.25, -0.2) is 9.37 Å². The first kappa shape index (κ1) is 18.6. The van der Waals surface area contributed by atoms with E-state index in [4.69, 9.17) is 4.74 Å². The fourth-order valence-corrected chi connectivity index (χ4v) is 2.93. The molecule has 0 radical (unpaired) electrons. The molecule has 6 heteroatoms. The van der Waals surface area contributed by atoms with Crippen molar-refractivity contribution in [1.29, 1.82) is 0 Å². The van der Waals surface area contributed by atoms with Crippen molar-refractivity contribution in [2.24, 2.45) is 7.05 Å². The molecule has 0 spiro atoms. The third-order valence-electron chi connectivity index (χ3n) is 4.44. The normalized spacial score (nSPS) is 11.8. The molecule has 0 fully saturated rings. The Morgan fingerprint density at radius 2 is 1.96 bits per heavy atom. The molecule has 0 aliphatic carbocycles. The van der Waals surface area contributed by atoms with Gasteiger partial charge in [0.25, 0.3) is 0 Å². The van der Waals surface area contributed by atoms with Crippen molar-refractivity contribution in [2.45, 2.75) is 18.9 Å². The highest BCUT2D eigenvalue weighted by molar-refractivity contribution is 5.77. The summed E-state index contributed by atoms with van der Waals surface area (Å²) in [5.74, 6) is 0.818. The average Bonchev–Trinajstić information content (AvgIpc) is 3.11. The van der Waals surface area contributed by atoms with Gasteiger partial charge in [0.05, 0.1) is 7.11 Å². The van der Waals surface area contributed by atoms with Gasteiger partial charge in [0.1, 0.15) is 23.4 Å². The molecule has 3 aromatic rings. The Balaban J connectivity index is 1.73. The summed E-state index contributed by atoms with van der Waals surface area (Å²) in [4.78, 5) is 16.8. The number of aromatic nitrogens is 2. The minimum absolute atomic E-state index is 0.165. The number of carbonyl (C=O) groups excluding carboxylic acids is 1. The molecule has 1 unspecified atom stereocenters. The maximum atomic E-state index is 14.3. The van der Waals surface area contributed by atoms with Crippen LogP contribution >= 0.6 is 0 Å². The number of imidazole rings is 1. The zero-order valence-electron chi connectivity index (χ0n) is 15.4. The van der Waals surface area contributed by atoms with Crippen molar-refractivity contribution in [1.82, 2.24) is 14.9 Å². The fourth-order valence-electron chi connectivity index (χ4n) is 2.93. The van der Waals surface area contributed by atoms with Crippen LogP contribution in [-0.2, 0) is 18.3 Å². The SMILES string of the molecule is COc1ccc(CCC(=O)NC(c2ccccc2F)c2nccn2C)cc1. The number of methoxy groups -OCH3 is 1. The van der Waals surface area contributed by atoms with Crippen molar-refractivity contribution in [3.05, 3.63) is 83.7 Å². The predicted molar refractivity (Wildman–Crippen MR) is 101 cm³/mol. The molecule has 0 aliphatic heterocycles. The Morgan fingerprint density at radius 1 is 1.22 bits per heavy atom. The molecule has 1 heterocycles. The van der Waals surface area contributed by atoms with Crippen molar-refractivity contribution < 1.29 is 13.9 Å². The maximum absolute atomic E-state index is 14.3. The third kappa shape index (κ3) is 4.53. The highest BCUT2D eigenvalue weighted by atomic mass is 19.1. The number of benzene rings is 2. The van der Waals surface area contributed by atoms with Gasteiger partial charge in [0.2, 0.25) is 5.91 Å². The second-order valence-corrected chi connectivity index (χ2v) is 6.27. The summed E-state index contributed by atoms with van der Waals surface area (Å²) in [6.45, 7) is 0. The monoisotopic (exact) mass is 367 g/mol. The summed E-state index contributed by atoms with van der Waals surface area (Å²) in [7, 11) is 3.43. The van der Waals surface area contributed by atoms with Gasteiger partial charge in [0.15, 0.2) is 0 Å². The predicted octanol–water partition coefficient (Wildman–Crippen LogP) is 3.41. The lowest BCUT2D eigenvalue weighted by atomic mass is 10.0. The van der Waals surface area contributed by atoms with Crippen LogP contribution in [0.5, 0.6) is 5.75 Å². The lowest BCUT2D eigenvalue weighted by molar-refractivity contribution is -0.121. The molecule has 1 amide bonds. The van der Waals surface area contributed by atoms with Crippen LogP contribution < -0.4 is 10.1 Å². The Hall–Kier alpha value is -3.15. The lowest BCUT2D eigenvalue weighted by Crippen LogP contribution is -2.31. The van der Waals surface area contributed by atoms with Crippen molar-refractivity contribution >= 4 is 5.91 Å². The molecule has 1 atom stereocenters. The van der Waals surface area contributed by atoms with Crippen molar-refractivity contribution in [3.8, 4) is 5.75 Å². The number of carbonyl (C=O) groups is 1. The highest BCUT2D eigenvalue weighted by Gasteiger charge is 2.23. The summed E-state index contributed by atoms with van der Waals surface area (Å²) < 4.78 is 21.3. The molecular weight excluding hydrogens is 345 g/mol. The number of rotatable bonds is 7. The average molecular weight is 367 g/mol. The zero-order chi connectivity index (χ0) is 19.2. The number of hydrogen-bond acceptors (Lipinski definition) is 3. The molecule has 2 aromatic carbocycles. The van der Waals surface area contributed by atoms with E-state index in [0.29, 0.717) is 24.2 Å². The first-order valence-electron chi connectivity index (χ1n) is 8.72. The van der Waals surface area contributed by atoms with Crippen LogP contribution in [0.1, 0.15) is 29.4 Å². The van der Waals surface area contributed by atoms with Crippen LogP contribution in [0, 0.1) is 5.82 Å². The largest absolute Gasteiger partial charge is 0.497 e. The van der Waals surface area contributed by atoms with Gasteiger partial charge in [-0.2, -0.15) is 0 Å². The van der Waals surface area contributed by atoms with Crippen molar-refractivity contribution in [3.63, 3.8) is 0 Å². The first-order chi connectivity index (χ1) is 13.1. The minimum Gasteiger partial charge on any atom is -0.497 e. The summed E-state index contributed by atoms with van der Waals surface area (Å²) in [6, 6.07) is 13.4. The number of ether oxygens (including phenoxy) is 1. The van der Waals surface area contributed by atoms with Gasteiger partial charge in [-0.3, -0.25) is 4.79 Å². The lowest BCUT2D eigenvalue weighted by Gasteiger charge is -2.19. The number of halogens is 1. The van der Waals surface area contributed by atoms with E-state index in [2.05, 4.69) is 10.3 Å². The van der Waals surface area contributed by atoms with E-state index in [-0.39, 0.29) is 11.7 Å². The summed E-state index contributed by atoms with van der Waals surface area (Å²) >= 11 is 0. The van der Waals surface area contributed by atoms with Crippen molar-refractivity contribution in [2.75, 3.05) is 7.11 Å². The molecule has 0 bridgehead atoms. The molecular formula is C21H22FN3O2. The van der Waals surface area contributed by atoms with Gasteiger partial charge >= 0.3 is 0 Å². The fraction of sp³-hybridized carbons (Fsp3) is 0.238. The van der Waals surface area contributed by atoms with Gasteiger partial charge in [-0.1, -0.05) is 30.3 Å². The summed E-state index contributed by atoms with van der Waals surface area (Å²) in [5, 5.41) is 2.92. The number of hydrogen-bond donors (Lipinski definition) is 1. The molecule has 0 saturated heterocycles. The number of nitrogens with one attached hydrogen (secondary N) is 1. The van der Waals surface area contributed by atoms with Crippen LogP contribution in [0.3, 0.4) is 0 Å². The minimum atomic E-state index is -0.644. The van der Waals surface area contributed by atoms with E-state index in [9.17, 15) is 9.18 Å². The Bertz CT molecular complexity index is 906. The Kier molecular flexibility index (Phi) is 5.86. The van der Waals surface area contributed by atoms with Gasteiger partial charge in [0, 0.05) is 31.4 Å². The highest BCUT2D eigenvalue weighted by Crippen LogP contribution is 2.23. The molecule has 0 aliphatic rings. The van der Waals surface area contributed by atoms with Crippen LogP contribution in [-0.4, -0.2) is 22.6 Å². The zero-order valence-corrected chi connectivity index (χ0v) is 15.4. The number of aryl methyl sites for hydroxylation is 2. The van der Waals surface area contributed by atoms with Gasteiger partial charge in [-0.05, 0) is 30.2 Å². The second kappa shape index (κ2) is 8.49. The van der Waals surface area contributed by atoms with E-state index >= 15 is 0 Å². The second-order valence-electron chi connectivity index (χ2n) is 6.27. The molecule has 1 aromatic heterocycles. The third-order valence-corrected chi connectivity index (χ3v) is 4.44. The Labute approximate surface area is 157 Å². The standard InChI is InChI=1S/C21H22FN3O2/c1-25-14-13-23-21(25)20(17-5-3-4-6-18(17)22)24-19(26)12-9-15-7-10-16(27-2)11-8-15/h3-8,10-11,13-14,20H,9,12H2,1-2H3,(H,24,26). The van der Waals surface area contributed by atoms with E-state index in [1.54, 1.807) is 42.3 Å². The van der Waals surface area contributed by atoms with Gasteiger partial charge in [-0.15, -0.1) is 0 Å². The number of amides is 1. The summed E-state index contributed by atoms with van der Waals surface area (Å²) in [6.07, 6.45) is 4.28. The van der Waals surface area contributed by atoms with E-state index in [0.717, 1.165) is 11.3 Å². The van der Waals surface area contributed by atoms with Gasteiger partial charge < -0.3 is 14.6 Å². The topological polar surface area (TPSA) is 56.1 Å². The molecule has 27 heavy (non-hydrogen) atoms. The number of nitrogens with zero attached hydrogens (tertiary/aromatic N) is 2.